The lowest BCUT2D eigenvalue weighted by molar-refractivity contribution is -0.144. The first-order chi connectivity index (χ1) is 9.02. The molecule has 8 heteroatoms. The zero-order valence-corrected chi connectivity index (χ0v) is 10.6. The van der Waals surface area contributed by atoms with Crippen LogP contribution in [0.2, 0.25) is 0 Å². The zero-order valence-electron chi connectivity index (χ0n) is 10.6. The van der Waals surface area contributed by atoms with Gasteiger partial charge < -0.3 is 20.3 Å². The summed E-state index contributed by atoms with van der Waals surface area (Å²) < 4.78 is 4.76. The highest BCUT2D eigenvalue weighted by atomic mass is 16.5. The summed E-state index contributed by atoms with van der Waals surface area (Å²) in [6, 6.07) is -0.535. The van der Waals surface area contributed by atoms with Crippen molar-refractivity contribution in [3.05, 3.63) is 11.7 Å². The number of carbonyl (C=O) groups excluding carboxylic acids is 1. The number of nitrogens with zero attached hydrogens (tertiary/aromatic N) is 2. The number of aryl methyl sites for hydroxylation is 1. The molecule has 1 fully saturated rings. The molecule has 0 spiro atoms. The highest BCUT2D eigenvalue weighted by molar-refractivity contribution is 5.86. The van der Waals surface area contributed by atoms with Gasteiger partial charge in [-0.1, -0.05) is 18.0 Å². The Balaban J connectivity index is 1.88. The van der Waals surface area contributed by atoms with Gasteiger partial charge >= 0.3 is 12.0 Å². The van der Waals surface area contributed by atoms with E-state index in [2.05, 4.69) is 20.8 Å². The minimum atomic E-state index is -1.14. The van der Waals surface area contributed by atoms with E-state index in [-0.39, 0.29) is 6.54 Å². The molecular formula is C11H16N4O4. The maximum atomic E-state index is 11.7. The van der Waals surface area contributed by atoms with E-state index in [0.717, 1.165) is 12.8 Å². The molecule has 3 N–H and O–H groups in total. The number of urea groups is 1. The highest BCUT2D eigenvalue weighted by Crippen LogP contribution is 2.29. The predicted octanol–water partition coefficient (Wildman–Crippen LogP) is 0.575. The minimum absolute atomic E-state index is 0.0961. The number of hydrogen-bond donors (Lipinski definition) is 3. The smallest absolute Gasteiger partial charge is 0.329 e. The molecule has 0 saturated heterocycles. The van der Waals surface area contributed by atoms with Crippen molar-refractivity contribution in [2.24, 2.45) is 0 Å². The summed E-state index contributed by atoms with van der Waals surface area (Å²) in [6.07, 6.45) is 2.52. The average Bonchev–Trinajstić information content (AvgIpc) is 2.97. The van der Waals surface area contributed by atoms with Gasteiger partial charge in [-0.2, -0.15) is 4.98 Å². The maximum Gasteiger partial charge on any atom is 0.329 e. The molecule has 2 rings (SSSR count). The van der Waals surface area contributed by atoms with Gasteiger partial charge in [0.25, 0.3) is 0 Å². The molecule has 1 aliphatic carbocycles. The molecule has 2 amide bonds. The molecule has 1 heterocycles. The second-order valence-electron chi connectivity index (χ2n) is 4.63. The summed E-state index contributed by atoms with van der Waals surface area (Å²) in [6.45, 7) is 1.74. The van der Waals surface area contributed by atoms with Gasteiger partial charge in [0, 0.05) is 6.92 Å². The fourth-order valence-electron chi connectivity index (χ4n) is 2.20. The number of carboxylic acid groups (broad SMARTS) is 1. The van der Waals surface area contributed by atoms with Crippen LogP contribution in [0.25, 0.3) is 0 Å². The third-order valence-electron chi connectivity index (χ3n) is 3.20. The molecule has 0 atom stereocenters. The summed E-state index contributed by atoms with van der Waals surface area (Å²) in [5.74, 6) is -0.228. The van der Waals surface area contributed by atoms with Crippen LogP contribution in [0, 0.1) is 6.92 Å². The van der Waals surface area contributed by atoms with Crippen LogP contribution >= 0.6 is 0 Å². The predicted molar refractivity (Wildman–Crippen MR) is 63.2 cm³/mol. The average molecular weight is 268 g/mol. The van der Waals surface area contributed by atoms with Gasteiger partial charge in [0.05, 0.1) is 6.54 Å². The van der Waals surface area contributed by atoms with Crippen molar-refractivity contribution >= 4 is 12.0 Å². The Bertz CT molecular complexity index is 479. The largest absolute Gasteiger partial charge is 0.480 e. The molecule has 0 unspecified atom stereocenters. The first-order valence-corrected chi connectivity index (χ1v) is 6.10. The summed E-state index contributed by atoms with van der Waals surface area (Å²) in [7, 11) is 0. The molecule has 1 aromatic heterocycles. The van der Waals surface area contributed by atoms with Crippen molar-refractivity contribution in [1.82, 2.24) is 20.8 Å². The molecule has 19 heavy (non-hydrogen) atoms. The van der Waals surface area contributed by atoms with Gasteiger partial charge in [-0.15, -0.1) is 0 Å². The Morgan fingerprint density at radius 1 is 1.42 bits per heavy atom. The van der Waals surface area contributed by atoms with Crippen LogP contribution in [-0.2, 0) is 11.3 Å². The topological polar surface area (TPSA) is 117 Å². The van der Waals surface area contributed by atoms with Crippen LogP contribution in [0.3, 0.4) is 0 Å². The number of amides is 2. The van der Waals surface area contributed by atoms with E-state index in [0.29, 0.717) is 24.6 Å². The van der Waals surface area contributed by atoms with E-state index in [1.165, 1.54) is 0 Å². The number of rotatable bonds is 4. The van der Waals surface area contributed by atoms with E-state index in [1.54, 1.807) is 6.92 Å². The number of nitrogens with one attached hydrogen (secondary N) is 2. The van der Waals surface area contributed by atoms with Gasteiger partial charge in [-0.3, -0.25) is 0 Å². The standard InChI is InChI=1S/C11H16N4O4/c1-7-13-8(15-19-7)6-12-10(18)14-11(9(16)17)4-2-3-5-11/h2-6H2,1H3,(H,16,17)(H2,12,14,18). The van der Waals surface area contributed by atoms with Crippen LogP contribution in [0.1, 0.15) is 37.4 Å². The van der Waals surface area contributed by atoms with Crippen molar-refractivity contribution in [1.29, 1.82) is 0 Å². The van der Waals surface area contributed by atoms with E-state index < -0.39 is 17.5 Å². The van der Waals surface area contributed by atoms with E-state index in [9.17, 15) is 14.7 Å². The zero-order chi connectivity index (χ0) is 13.9. The van der Waals surface area contributed by atoms with Crippen LogP contribution in [0.4, 0.5) is 4.79 Å². The van der Waals surface area contributed by atoms with E-state index in [1.807, 2.05) is 0 Å². The molecular weight excluding hydrogens is 252 g/mol. The van der Waals surface area contributed by atoms with E-state index in [4.69, 9.17) is 4.52 Å². The fourth-order valence-corrected chi connectivity index (χ4v) is 2.20. The first-order valence-electron chi connectivity index (χ1n) is 6.10. The first kappa shape index (κ1) is 13.3. The van der Waals surface area contributed by atoms with Gasteiger partial charge in [-0.05, 0) is 12.8 Å². The normalized spacial score (nSPS) is 17.1. The van der Waals surface area contributed by atoms with E-state index >= 15 is 0 Å². The Morgan fingerprint density at radius 2 is 2.11 bits per heavy atom. The number of aliphatic carboxylic acids is 1. The Hall–Kier alpha value is -2.12. The lowest BCUT2D eigenvalue weighted by Crippen LogP contribution is -2.55. The minimum Gasteiger partial charge on any atom is -0.480 e. The van der Waals surface area contributed by atoms with Gasteiger partial charge in [0.2, 0.25) is 5.89 Å². The molecule has 104 valence electrons. The fraction of sp³-hybridized carbons (Fsp3) is 0.636. The molecule has 1 saturated carbocycles. The third-order valence-corrected chi connectivity index (χ3v) is 3.20. The van der Waals surface area contributed by atoms with Crippen LogP contribution in [0.5, 0.6) is 0 Å². The molecule has 0 aliphatic heterocycles. The molecule has 1 aromatic rings. The van der Waals surface area contributed by atoms with Gasteiger partial charge in [-0.25, -0.2) is 9.59 Å². The quantitative estimate of drug-likeness (QED) is 0.735. The molecule has 0 aromatic carbocycles. The van der Waals surface area contributed by atoms with Crippen molar-refractivity contribution < 1.29 is 19.2 Å². The Labute approximate surface area is 109 Å². The summed E-state index contributed by atoms with van der Waals surface area (Å²) in [4.78, 5) is 26.9. The van der Waals surface area contributed by atoms with Crippen molar-refractivity contribution in [2.45, 2.75) is 44.7 Å². The van der Waals surface area contributed by atoms with Gasteiger partial charge in [0.15, 0.2) is 5.82 Å². The number of hydrogen-bond acceptors (Lipinski definition) is 5. The third kappa shape index (κ3) is 3.01. The van der Waals surface area contributed by atoms with Crippen LogP contribution in [0.15, 0.2) is 4.52 Å². The lowest BCUT2D eigenvalue weighted by Gasteiger charge is -2.25. The van der Waals surface area contributed by atoms with Crippen molar-refractivity contribution in [2.75, 3.05) is 0 Å². The monoisotopic (exact) mass is 268 g/mol. The maximum absolute atomic E-state index is 11.7. The van der Waals surface area contributed by atoms with Crippen LogP contribution < -0.4 is 10.6 Å². The number of aromatic nitrogens is 2. The lowest BCUT2D eigenvalue weighted by atomic mass is 9.98. The summed E-state index contributed by atoms with van der Waals surface area (Å²) in [5, 5.41) is 17.9. The van der Waals surface area contributed by atoms with Crippen molar-refractivity contribution in [3.63, 3.8) is 0 Å². The van der Waals surface area contributed by atoms with Crippen LogP contribution in [-0.4, -0.2) is 32.8 Å². The second-order valence-corrected chi connectivity index (χ2v) is 4.63. The van der Waals surface area contributed by atoms with Gasteiger partial charge in [0.1, 0.15) is 5.54 Å². The number of carbonyl (C=O) groups is 2. The molecule has 0 bridgehead atoms. The molecule has 8 nitrogen and oxygen atoms in total. The molecule has 0 radical (unpaired) electrons. The molecule has 1 aliphatic rings. The SMILES string of the molecule is Cc1nc(CNC(=O)NC2(C(=O)O)CCCC2)no1. The Morgan fingerprint density at radius 3 is 2.63 bits per heavy atom. The summed E-state index contributed by atoms with van der Waals surface area (Å²) in [5.41, 5.74) is -1.14. The van der Waals surface area contributed by atoms with Crippen molar-refractivity contribution in [3.8, 4) is 0 Å². The number of carboxylic acids is 1. The Kier molecular flexibility index (Phi) is 3.68. The second kappa shape index (κ2) is 5.25. The highest BCUT2D eigenvalue weighted by Gasteiger charge is 2.42. The summed E-state index contributed by atoms with van der Waals surface area (Å²) >= 11 is 0.